The number of fused-ring (bicyclic) bond motifs is 8. The van der Waals surface area contributed by atoms with Crippen molar-refractivity contribution in [3.8, 4) is 23.0 Å². The maximum atomic E-state index is 14.7. The highest BCUT2D eigenvalue weighted by atomic mass is 19.1. The molecule has 12 heteroatoms. The summed E-state index contributed by atoms with van der Waals surface area (Å²) in [5.41, 5.74) is 2.23. The van der Waals surface area contributed by atoms with Gasteiger partial charge in [-0.3, -0.25) is 9.59 Å². The number of halogens is 2. The first kappa shape index (κ1) is 29.0. The fourth-order valence-electron chi connectivity index (χ4n) is 5.51. The molecule has 3 aromatic carbocycles. The summed E-state index contributed by atoms with van der Waals surface area (Å²) in [5, 5.41) is 6.17. The van der Waals surface area contributed by atoms with E-state index < -0.39 is 29.7 Å². The Morgan fingerprint density at radius 2 is 1.77 bits per heavy atom. The molecule has 0 aliphatic carbocycles. The van der Waals surface area contributed by atoms with E-state index in [4.69, 9.17) is 18.9 Å². The minimum Gasteiger partial charge on any atom is -0.493 e. The number of carbonyl (C=O) groups is 2. The number of aromatic nitrogens is 1. The van der Waals surface area contributed by atoms with Crippen LogP contribution >= 0.6 is 0 Å². The van der Waals surface area contributed by atoms with Crippen molar-refractivity contribution in [2.24, 2.45) is 0 Å². The molecule has 4 aromatic rings. The Kier molecular flexibility index (Phi) is 7.81. The fraction of sp³-hybridized carbons (Fsp3) is 0.281. The largest absolute Gasteiger partial charge is 0.493 e. The summed E-state index contributed by atoms with van der Waals surface area (Å²) in [7, 11) is 2.97. The number of rotatable bonds is 3. The maximum Gasteiger partial charge on any atom is 0.258 e. The van der Waals surface area contributed by atoms with Gasteiger partial charge in [0.05, 0.1) is 26.8 Å². The average molecular weight is 605 g/mol. The first-order valence-electron chi connectivity index (χ1n) is 14.0. The number of anilines is 1. The predicted octanol–water partition coefficient (Wildman–Crippen LogP) is 3.91. The van der Waals surface area contributed by atoms with Gasteiger partial charge >= 0.3 is 0 Å². The zero-order valence-corrected chi connectivity index (χ0v) is 24.3. The third-order valence-corrected chi connectivity index (χ3v) is 7.64. The predicted molar refractivity (Wildman–Crippen MR) is 158 cm³/mol. The lowest BCUT2D eigenvalue weighted by Gasteiger charge is -2.22. The third kappa shape index (κ3) is 5.75. The van der Waals surface area contributed by atoms with Crippen LogP contribution in [-0.2, 0) is 11.3 Å². The minimum atomic E-state index is -0.756. The molecule has 44 heavy (non-hydrogen) atoms. The highest BCUT2D eigenvalue weighted by Crippen LogP contribution is 2.35. The van der Waals surface area contributed by atoms with Gasteiger partial charge < -0.3 is 34.5 Å². The number of ether oxygens (including phenoxy) is 4. The molecular weight excluding hydrogens is 574 g/mol. The van der Waals surface area contributed by atoms with E-state index in [9.17, 15) is 18.4 Å². The van der Waals surface area contributed by atoms with Crippen LogP contribution in [0, 0.1) is 18.6 Å². The van der Waals surface area contributed by atoms with Gasteiger partial charge in [-0.25, -0.2) is 13.8 Å². The van der Waals surface area contributed by atoms with Crippen LogP contribution in [-0.4, -0.2) is 62.9 Å². The first-order valence-corrected chi connectivity index (χ1v) is 14.0. The summed E-state index contributed by atoms with van der Waals surface area (Å²) in [4.78, 5) is 32.3. The molecule has 3 aliphatic rings. The Labute approximate surface area is 251 Å². The van der Waals surface area contributed by atoms with Gasteiger partial charge in [0, 0.05) is 41.5 Å². The second kappa shape index (κ2) is 11.9. The number of carbonyl (C=O) groups excluding carboxylic acids is 2. The summed E-state index contributed by atoms with van der Waals surface area (Å²) in [6.07, 6.45) is -0.593. The number of nitrogens with zero attached hydrogens (tertiary/aromatic N) is 2. The van der Waals surface area contributed by atoms with Crippen LogP contribution in [0.3, 0.4) is 0 Å². The highest BCUT2D eigenvalue weighted by molar-refractivity contribution is 5.96. The SMILES string of the molecule is COc1ccc2cc1OCC(=O)NCc1ccc(c(OC)c1)O[C@H]1CN(c3cc(C)nc4c(F)cc(F)cc34)C[C@@H]1NC2=O. The Morgan fingerprint density at radius 1 is 0.955 bits per heavy atom. The Bertz CT molecular complexity index is 1770. The number of nitrogens with one attached hydrogen (secondary N) is 2. The normalized spacial score (nSPS) is 18.5. The van der Waals surface area contributed by atoms with Crippen molar-refractivity contribution in [2.75, 3.05) is 38.8 Å². The molecular formula is C32H30F2N4O6. The molecule has 2 atom stereocenters. The first-order chi connectivity index (χ1) is 21.2. The summed E-state index contributed by atoms with van der Waals surface area (Å²) < 4.78 is 52.2. The lowest BCUT2D eigenvalue weighted by Crippen LogP contribution is -2.45. The topological polar surface area (TPSA) is 111 Å². The van der Waals surface area contributed by atoms with E-state index in [0.29, 0.717) is 34.0 Å². The number of hydrogen-bond donors (Lipinski definition) is 2. The molecule has 7 rings (SSSR count). The van der Waals surface area contributed by atoms with E-state index in [1.54, 1.807) is 43.3 Å². The lowest BCUT2D eigenvalue weighted by molar-refractivity contribution is -0.123. The molecule has 0 unspecified atom stereocenters. The van der Waals surface area contributed by atoms with Crippen LogP contribution in [0.2, 0.25) is 0 Å². The van der Waals surface area contributed by atoms with Gasteiger partial charge in [0.2, 0.25) is 0 Å². The molecule has 1 saturated heterocycles. The van der Waals surface area contributed by atoms with Crippen molar-refractivity contribution in [2.45, 2.75) is 25.6 Å². The van der Waals surface area contributed by atoms with Crippen molar-refractivity contribution in [1.29, 1.82) is 0 Å². The molecule has 3 aliphatic heterocycles. The second-order valence-corrected chi connectivity index (χ2v) is 10.6. The van der Waals surface area contributed by atoms with Crippen molar-refractivity contribution >= 4 is 28.4 Å². The number of benzene rings is 3. The van der Waals surface area contributed by atoms with Crippen LogP contribution in [0.1, 0.15) is 21.6 Å². The Morgan fingerprint density at radius 3 is 2.57 bits per heavy atom. The van der Waals surface area contributed by atoms with Crippen LogP contribution in [0.25, 0.3) is 10.9 Å². The summed E-state index contributed by atoms with van der Waals surface area (Å²) in [6.45, 7) is 2.21. The third-order valence-electron chi connectivity index (χ3n) is 7.64. The van der Waals surface area contributed by atoms with E-state index in [2.05, 4.69) is 15.6 Å². The van der Waals surface area contributed by atoms with E-state index >= 15 is 0 Å². The molecule has 10 nitrogen and oxygen atoms in total. The quantitative estimate of drug-likeness (QED) is 0.362. The monoisotopic (exact) mass is 604 g/mol. The number of methoxy groups -OCH3 is 2. The fourth-order valence-corrected chi connectivity index (χ4v) is 5.51. The zero-order valence-electron chi connectivity index (χ0n) is 24.3. The van der Waals surface area contributed by atoms with Gasteiger partial charge in [-0.1, -0.05) is 6.07 Å². The molecule has 2 N–H and O–H groups in total. The van der Waals surface area contributed by atoms with Crippen LogP contribution < -0.4 is 34.5 Å². The van der Waals surface area contributed by atoms with Crippen molar-refractivity contribution in [3.05, 3.63) is 83.1 Å². The number of pyridine rings is 1. The molecule has 4 bridgehead atoms. The standard InChI is InChI=1S/C32H30F2N4O6/c1-17-8-24(21-11-20(33)12-22(34)31(21)36-17)38-14-23-29(15-38)44-26-6-4-18(9-27(26)42-3)13-35-30(39)16-43-28-10-19(32(40)37-23)5-7-25(28)41-2/h4-12,23,29H,13-16H2,1-3H3,(H,35,39)(H,37,40)/t23-,29-/m0/s1. The maximum absolute atomic E-state index is 14.7. The zero-order chi connectivity index (χ0) is 31.0. The van der Waals surface area contributed by atoms with Gasteiger partial charge in [0.15, 0.2) is 35.4 Å². The van der Waals surface area contributed by atoms with Gasteiger partial charge in [0.25, 0.3) is 11.8 Å². The van der Waals surface area contributed by atoms with Gasteiger partial charge in [-0.05, 0) is 55.0 Å². The number of amides is 2. The molecule has 0 saturated carbocycles. The van der Waals surface area contributed by atoms with Crippen molar-refractivity contribution in [3.63, 3.8) is 0 Å². The number of aryl methyl sites for hydroxylation is 1. The molecule has 1 fully saturated rings. The van der Waals surface area contributed by atoms with Crippen molar-refractivity contribution in [1.82, 2.24) is 15.6 Å². The second-order valence-electron chi connectivity index (χ2n) is 10.6. The molecule has 0 radical (unpaired) electrons. The van der Waals surface area contributed by atoms with Crippen LogP contribution in [0.15, 0.2) is 54.6 Å². The molecule has 2 amide bonds. The van der Waals surface area contributed by atoms with E-state index in [1.165, 1.54) is 26.4 Å². The van der Waals surface area contributed by atoms with Gasteiger partial charge in [-0.2, -0.15) is 0 Å². The minimum absolute atomic E-state index is 0.0582. The Balaban J connectivity index is 1.41. The Hall–Kier alpha value is -5.13. The van der Waals surface area contributed by atoms with E-state index in [1.807, 2.05) is 4.90 Å². The summed E-state index contributed by atoms with van der Waals surface area (Å²) in [6, 6.07) is 13.2. The summed E-state index contributed by atoms with van der Waals surface area (Å²) >= 11 is 0. The average Bonchev–Trinajstić information content (AvgIpc) is 3.40. The van der Waals surface area contributed by atoms with E-state index in [0.717, 1.165) is 11.6 Å². The smallest absolute Gasteiger partial charge is 0.258 e. The molecule has 0 spiro atoms. The number of hydrogen-bond acceptors (Lipinski definition) is 8. The van der Waals surface area contributed by atoms with Crippen LogP contribution in [0.5, 0.6) is 23.0 Å². The van der Waals surface area contributed by atoms with E-state index in [-0.39, 0.29) is 49.0 Å². The molecule has 1 aromatic heterocycles. The van der Waals surface area contributed by atoms with Gasteiger partial charge in [0.1, 0.15) is 17.4 Å². The van der Waals surface area contributed by atoms with Gasteiger partial charge in [-0.15, -0.1) is 0 Å². The van der Waals surface area contributed by atoms with Crippen molar-refractivity contribution < 1.29 is 37.3 Å². The molecule has 228 valence electrons. The highest BCUT2D eigenvalue weighted by Gasteiger charge is 2.37. The summed E-state index contributed by atoms with van der Waals surface area (Å²) in [5.74, 6) is -0.791. The lowest BCUT2D eigenvalue weighted by atomic mass is 10.1. The molecule has 4 heterocycles. The van der Waals surface area contributed by atoms with Crippen LogP contribution in [0.4, 0.5) is 14.5 Å².